The fourth-order valence-corrected chi connectivity index (χ4v) is 5.55. The van der Waals surface area contributed by atoms with Gasteiger partial charge in [-0.05, 0) is 56.0 Å². The largest absolute Gasteiger partial charge is 0.464 e. The molecule has 210 valence electrons. The van der Waals surface area contributed by atoms with Crippen molar-refractivity contribution in [2.45, 2.75) is 44.3 Å². The van der Waals surface area contributed by atoms with Crippen molar-refractivity contribution in [1.29, 1.82) is 5.41 Å². The summed E-state index contributed by atoms with van der Waals surface area (Å²) in [5.41, 5.74) is 4.49. The van der Waals surface area contributed by atoms with Gasteiger partial charge in [0.1, 0.15) is 17.2 Å². The van der Waals surface area contributed by atoms with E-state index in [1.807, 2.05) is 30.3 Å². The Morgan fingerprint density at radius 3 is 2.50 bits per heavy atom. The van der Waals surface area contributed by atoms with E-state index < -0.39 is 5.97 Å². The average molecular weight is 584 g/mol. The van der Waals surface area contributed by atoms with E-state index in [0.29, 0.717) is 33.8 Å². The quantitative estimate of drug-likeness (QED) is 0.163. The zero-order valence-electron chi connectivity index (χ0n) is 22.5. The first-order valence-electron chi connectivity index (χ1n) is 13.4. The summed E-state index contributed by atoms with van der Waals surface area (Å²) in [6.07, 6.45) is 5.47. The van der Waals surface area contributed by atoms with Gasteiger partial charge in [0, 0.05) is 48.4 Å². The summed E-state index contributed by atoms with van der Waals surface area (Å²) in [4.78, 5) is 14.2. The van der Waals surface area contributed by atoms with Gasteiger partial charge in [-0.3, -0.25) is 0 Å². The second-order valence-electron chi connectivity index (χ2n) is 10.0. The molecule has 10 heteroatoms. The monoisotopic (exact) mass is 582 g/mol. The highest BCUT2D eigenvalue weighted by Gasteiger charge is 2.34. The van der Waals surface area contributed by atoms with Gasteiger partial charge in [0.15, 0.2) is 0 Å². The predicted molar refractivity (Wildman–Crippen MR) is 156 cm³/mol. The van der Waals surface area contributed by atoms with Crippen molar-refractivity contribution in [3.63, 3.8) is 0 Å². The van der Waals surface area contributed by atoms with Crippen LogP contribution in [-0.2, 0) is 20.9 Å². The third kappa shape index (κ3) is 6.19. The molecular weight excluding hydrogens is 551 g/mol. The van der Waals surface area contributed by atoms with Crippen LogP contribution >= 0.6 is 23.2 Å². The molecule has 2 heterocycles. The van der Waals surface area contributed by atoms with E-state index in [4.69, 9.17) is 42.6 Å². The van der Waals surface area contributed by atoms with Gasteiger partial charge in [0.2, 0.25) is 0 Å². The normalized spacial score (nSPS) is 16.2. The molecule has 0 spiro atoms. The van der Waals surface area contributed by atoms with Gasteiger partial charge in [0.05, 0.1) is 35.6 Å². The number of anilines is 1. The number of likely N-dealkylation sites (N-methyl/N-ethyl adjacent to an activating group) is 1. The van der Waals surface area contributed by atoms with E-state index in [1.165, 1.54) is 13.2 Å². The summed E-state index contributed by atoms with van der Waals surface area (Å²) in [7, 11) is 2.94. The van der Waals surface area contributed by atoms with Gasteiger partial charge in [-0.2, -0.15) is 0 Å². The van der Waals surface area contributed by atoms with Gasteiger partial charge >= 0.3 is 5.97 Å². The summed E-state index contributed by atoms with van der Waals surface area (Å²) in [6.45, 7) is 2.04. The minimum absolute atomic E-state index is 0.0930. The number of hydrogen-bond donors (Lipinski definition) is 2. The topological polar surface area (TPSA) is 101 Å². The van der Waals surface area contributed by atoms with E-state index in [1.54, 1.807) is 19.2 Å². The number of carbonyl (C=O) groups excluding carboxylic acids is 1. The molecule has 2 aliphatic rings. The van der Waals surface area contributed by atoms with Gasteiger partial charge in [-0.1, -0.05) is 46.6 Å². The second-order valence-corrected chi connectivity index (χ2v) is 10.8. The van der Waals surface area contributed by atoms with E-state index >= 15 is 0 Å². The van der Waals surface area contributed by atoms with Gasteiger partial charge < -0.3 is 29.6 Å². The minimum atomic E-state index is -0.511. The Labute approximate surface area is 243 Å². The van der Waals surface area contributed by atoms with Crippen molar-refractivity contribution >= 4 is 40.6 Å². The summed E-state index contributed by atoms with van der Waals surface area (Å²) in [6, 6.07) is 13.2. The van der Waals surface area contributed by atoms with Crippen molar-refractivity contribution in [1.82, 2.24) is 10.5 Å². The molecule has 1 saturated carbocycles. The Morgan fingerprint density at radius 1 is 1.15 bits per heavy atom. The molecule has 0 unspecified atom stereocenters. The van der Waals surface area contributed by atoms with E-state index in [0.717, 1.165) is 61.3 Å². The van der Waals surface area contributed by atoms with Gasteiger partial charge in [0.25, 0.3) is 0 Å². The van der Waals surface area contributed by atoms with Crippen LogP contribution in [0, 0.1) is 5.41 Å². The molecule has 2 N–H and O–H groups in total. The Balaban J connectivity index is 1.23. The highest BCUT2D eigenvalue weighted by atomic mass is 35.5. The van der Waals surface area contributed by atoms with Crippen molar-refractivity contribution < 1.29 is 18.8 Å². The molecule has 0 atom stereocenters. The molecule has 3 aromatic rings. The van der Waals surface area contributed by atoms with Crippen molar-refractivity contribution in [3.8, 4) is 11.3 Å². The highest BCUT2D eigenvalue weighted by molar-refractivity contribution is 6.39. The third-order valence-corrected chi connectivity index (χ3v) is 7.99. The lowest BCUT2D eigenvalue weighted by Crippen LogP contribution is -2.37. The Morgan fingerprint density at radius 2 is 1.85 bits per heavy atom. The van der Waals surface area contributed by atoms with Crippen LogP contribution in [-0.4, -0.2) is 50.2 Å². The van der Waals surface area contributed by atoms with Crippen LogP contribution in [0.3, 0.4) is 0 Å². The van der Waals surface area contributed by atoms with Crippen LogP contribution < -0.4 is 10.2 Å². The minimum Gasteiger partial charge on any atom is -0.464 e. The Kier molecular flexibility index (Phi) is 8.78. The van der Waals surface area contributed by atoms with E-state index in [2.05, 4.69) is 15.4 Å². The molecule has 1 saturated heterocycles. The maximum Gasteiger partial charge on any atom is 0.354 e. The zero-order valence-corrected chi connectivity index (χ0v) is 24.0. The number of carbonyl (C=O) groups is 1. The van der Waals surface area contributed by atoms with E-state index in [-0.39, 0.29) is 17.5 Å². The fourth-order valence-electron chi connectivity index (χ4n) is 4.97. The van der Waals surface area contributed by atoms with Crippen molar-refractivity contribution in [2.24, 2.45) is 0 Å². The lowest BCUT2D eigenvalue weighted by Gasteiger charge is -2.33. The second kappa shape index (κ2) is 12.5. The standard InChI is InChI=1S/C30H32Cl2N4O4/c1-34-26(30(37)38-2)16-25(33)19-5-3-6-20(15-19)36-13-11-21(12-14-36)39-17-22-28(35-40-29(22)18-9-10-18)27-23(31)7-4-8-24(27)32/h3-8,15-16,18,21,33-34H,9-14,17H2,1-2H3/b26-16-,33-25?. The summed E-state index contributed by atoms with van der Waals surface area (Å²) >= 11 is 13.0. The first-order valence-corrected chi connectivity index (χ1v) is 14.1. The number of nitrogens with zero attached hydrogens (tertiary/aromatic N) is 2. The van der Waals surface area contributed by atoms with Crippen LogP contribution in [0.5, 0.6) is 0 Å². The molecule has 1 aromatic heterocycles. The average Bonchev–Trinajstić information content (AvgIpc) is 3.74. The number of benzene rings is 2. The molecule has 40 heavy (non-hydrogen) atoms. The van der Waals surface area contributed by atoms with Crippen LogP contribution in [0.1, 0.15) is 48.5 Å². The number of piperidine rings is 1. The number of methoxy groups -OCH3 is 1. The number of halogens is 2. The van der Waals surface area contributed by atoms with Gasteiger partial charge in [-0.15, -0.1) is 0 Å². The molecule has 2 fully saturated rings. The number of ether oxygens (including phenoxy) is 2. The SMILES string of the molecule is CN/C(=C\C(=N)c1cccc(N2CCC(OCc3c(-c4c(Cl)cccc4Cl)noc3C3CC3)CC2)c1)C(=O)OC. The molecule has 1 aliphatic carbocycles. The van der Waals surface area contributed by atoms with Gasteiger partial charge in [-0.25, -0.2) is 4.79 Å². The molecule has 0 amide bonds. The van der Waals surface area contributed by atoms with Crippen LogP contribution in [0.2, 0.25) is 10.0 Å². The summed E-state index contributed by atoms with van der Waals surface area (Å²) in [5.74, 6) is 0.744. The maximum atomic E-state index is 11.9. The number of esters is 1. The molecular formula is C30H32Cl2N4O4. The molecule has 0 bridgehead atoms. The lowest BCUT2D eigenvalue weighted by atomic mass is 10.0. The number of aromatic nitrogens is 1. The van der Waals surface area contributed by atoms with Crippen molar-refractivity contribution in [2.75, 3.05) is 32.1 Å². The number of hydrogen-bond acceptors (Lipinski definition) is 8. The Bertz CT molecular complexity index is 1400. The Hall–Kier alpha value is -3.33. The first kappa shape index (κ1) is 28.2. The molecule has 1 aliphatic heterocycles. The molecule has 8 nitrogen and oxygen atoms in total. The number of allylic oxidation sites excluding steroid dienone is 1. The summed E-state index contributed by atoms with van der Waals surface area (Å²) < 4.78 is 17.0. The highest BCUT2D eigenvalue weighted by Crippen LogP contribution is 2.46. The summed E-state index contributed by atoms with van der Waals surface area (Å²) in [5, 5.41) is 16.7. The maximum absolute atomic E-state index is 11.9. The third-order valence-electron chi connectivity index (χ3n) is 7.36. The molecule has 2 aromatic carbocycles. The predicted octanol–water partition coefficient (Wildman–Crippen LogP) is 6.36. The van der Waals surface area contributed by atoms with Crippen LogP contribution in [0.25, 0.3) is 11.3 Å². The van der Waals surface area contributed by atoms with Crippen LogP contribution in [0.4, 0.5) is 5.69 Å². The zero-order chi connectivity index (χ0) is 28.2. The van der Waals surface area contributed by atoms with Crippen molar-refractivity contribution in [3.05, 3.63) is 81.2 Å². The fraction of sp³-hybridized carbons (Fsp3) is 0.367. The molecule has 5 rings (SSSR count). The smallest absolute Gasteiger partial charge is 0.354 e. The lowest BCUT2D eigenvalue weighted by molar-refractivity contribution is -0.136. The number of rotatable bonds is 10. The van der Waals surface area contributed by atoms with E-state index in [9.17, 15) is 4.79 Å². The first-order chi connectivity index (χ1) is 19.4. The number of nitrogens with one attached hydrogen (secondary N) is 2. The van der Waals surface area contributed by atoms with Crippen LogP contribution in [0.15, 0.2) is 58.8 Å². The molecule has 0 radical (unpaired) electrons.